The van der Waals surface area contributed by atoms with Gasteiger partial charge in [-0.25, -0.2) is 8.42 Å². The molecule has 3 atom stereocenters. The van der Waals surface area contributed by atoms with E-state index < -0.39 is 22.2 Å². The van der Waals surface area contributed by atoms with Crippen LogP contribution in [0, 0.1) is 5.92 Å². The summed E-state index contributed by atoms with van der Waals surface area (Å²) in [7, 11) is -0.815. The smallest absolute Gasteiger partial charge is 0.248 e. The predicted octanol–water partition coefficient (Wildman–Crippen LogP) is 1.62. The molecule has 1 aromatic heterocycles. The second-order valence-electron chi connectivity index (χ2n) is 8.35. The van der Waals surface area contributed by atoms with Crippen LogP contribution in [0.3, 0.4) is 0 Å². The third-order valence-electron chi connectivity index (χ3n) is 5.81. The van der Waals surface area contributed by atoms with Crippen molar-refractivity contribution in [2.45, 2.75) is 30.9 Å². The van der Waals surface area contributed by atoms with Gasteiger partial charge in [0.2, 0.25) is 15.9 Å². The summed E-state index contributed by atoms with van der Waals surface area (Å²) in [6.07, 6.45) is 2.87. The first-order valence-corrected chi connectivity index (χ1v) is 12.2. The van der Waals surface area contributed by atoms with E-state index in [9.17, 15) is 18.3 Å². The number of fused-ring (bicyclic) bond motifs is 1. The summed E-state index contributed by atoms with van der Waals surface area (Å²) in [6, 6.07) is 7.99. The van der Waals surface area contributed by atoms with Gasteiger partial charge in [-0.2, -0.15) is 4.31 Å². The SMILES string of the molecule is COCC(=O)N(C)C[C@H]1Oc2cc(-c3cccnc3)ccc2S(=O)(=O)N([C@@H](C)CO)C[C@@H]1C. The Labute approximate surface area is 195 Å². The van der Waals surface area contributed by atoms with Crippen molar-refractivity contribution >= 4 is 15.9 Å². The zero-order valence-corrected chi connectivity index (χ0v) is 20.2. The molecule has 0 unspecified atom stereocenters. The van der Waals surface area contributed by atoms with Crippen LogP contribution in [0.15, 0.2) is 47.6 Å². The molecule has 1 amide bonds. The zero-order chi connectivity index (χ0) is 24.2. The molecule has 1 N–H and O–H groups in total. The molecule has 0 spiro atoms. The molecule has 2 heterocycles. The summed E-state index contributed by atoms with van der Waals surface area (Å²) in [6.45, 7) is 3.57. The monoisotopic (exact) mass is 477 g/mol. The van der Waals surface area contributed by atoms with Crippen LogP contribution in [0.25, 0.3) is 11.1 Å². The number of ether oxygens (including phenoxy) is 2. The fraction of sp³-hybridized carbons (Fsp3) is 0.478. The van der Waals surface area contributed by atoms with Crippen molar-refractivity contribution < 1.29 is 27.8 Å². The fourth-order valence-electron chi connectivity index (χ4n) is 3.76. The maximum Gasteiger partial charge on any atom is 0.248 e. The van der Waals surface area contributed by atoms with Crippen LogP contribution in [-0.2, 0) is 19.6 Å². The van der Waals surface area contributed by atoms with E-state index in [2.05, 4.69) is 4.98 Å². The Morgan fingerprint density at radius 3 is 2.76 bits per heavy atom. The van der Waals surface area contributed by atoms with E-state index in [1.54, 1.807) is 44.6 Å². The average Bonchev–Trinajstić information content (AvgIpc) is 2.81. The van der Waals surface area contributed by atoms with E-state index in [4.69, 9.17) is 9.47 Å². The summed E-state index contributed by atoms with van der Waals surface area (Å²) in [5, 5.41) is 9.74. The molecule has 0 bridgehead atoms. The number of carbonyl (C=O) groups excluding carboxylic acids is 1. The molecule has 0 radical (unpaired) electrons. The van der Waals surface area contributed by atoms with E-state index in [0.29, 0.717) is 0 Å². The number of methoxy groups -OCH3 is 1. The van der Waals surface area contributed by atoms with Crippen LogP contribution < -0.4 is 4.74 Å². The van der Waals surface area contributed by atoms with Crippen LogP contribution in [0.5, 0.6) is 5.75 Å². The summed E-state index contributed by atoms with van der Waals surface area (Å²) < 4.78 is 39.6. The number of benzene rings is 1. The molecule has 2 aromatic rings. The number of amides is 1. The van der Waals surface area contributed by atoms with Crippen LogP contribution in [0.1, 0.15) is 13.8 Å². The second-order valence-corrected chi connectivity index (χ2v) is 10.2. The van der Waals surface area contributed by atoms with Gasteiger partial charge in [0.05, 0.1) is 13.2 Å². The molecule has 0 fully saturated rings. The number of aliphatic hydroxyl groups excluding tert-OH is 1. The highest BCUT2D eigenvalue weighted by molar-refractivity contribution is 7.89. The van der Waals surface area contributed by atoms with Gasteiger partial charge in [-0.05, 0) is 30.7 Å². The van der Waals surface area contributed by atoms with Gasteiger partial charge in [-0.3, -0.25) is 9.78 Å². The number of sulfonamides is 1. The van der Waals surface area contributed by atoms with Crippen LogP contribution in [0.4, 0.5) is 0 Å². The molecule has 0 aliphatic carbocycles. The molecule has 9 nitrogen and oxygen atoms in total. The third-order valence-corrected chi connectivity index (χ3v) is 7.83. The Morgan fingerprint density at radius 2 is 2.12 bits per heavy atom. The van der Waals surface area contributed by atoms with E-state index in [1.165, 1.54) is 22.4 Å². The Balaban J connectivity index is 2.08. The molecule has 1 aliphatic heterocycles. The second kappa shape index (κ2) is 10.6. The molecule has 1 aromatic carbocycles. The molecule has 1 aliphatic rings. The molecule has 10 heteroatoms. The van der Waals surface area contributed by atoms with E-state index in [0.717, 1.165) is 11.1 Å². The maximum absolute atomic E-state index is 13.5. The first-order valence-electron chi connectivity index (χ1n) is 10.8. The number of aromatic nitrogens is 1. The normalized spacial score (nSPS) is 21.2. The van der Waals surface area contributed by atoms with Gasteiger partial charge in [0.25, 0.3) is 0 Å². The largest absolute Gasteiger partial charge is 0.487 e. The number of hydrogen-bond acceptors (Lipinski definition) is 7. The third kappa shape index (κ3) is 5.52. The van der Waals surface area contributed by atoms with Gasteiger partial charge in [0.1, 0.15) is 23.4 Å². The van der Waals surface area contributed by atoms with E-state index in [-0.39, 0.29) is 48.8 Å². The lowest BCUT2D eigenvalue weighted by atomic mass is 10.0. The van der Waals surface area contributed by atoms with Crippen LogP contribution in [0.2, 0.25) is 0 Å². The fourth-order valence-corrected chi connectivity index (χ4v) is 5.59. The summed E-state index contributed by atoms with van der Waals surface area (Å²) >= 11 is 0. The minimum Gasteiger partial charge on any atom is -0.487 e. The standard InChI is InChI=1S/C23H31N3O6S/c1-16-12-26(17(2)14-27)33(29,30)22-8-7-18(19-6-5-9-24-11-19)10-20(22)32-21(16)13-25(3)23(28)15-31-4/h5-11,16-17,21,27H,12-15H2,1-4H3/t16-,17-,21+/m0/s1. The number of hydrogen-bond donors (Lipinski definition) is 1. The Hall–Kier alpha value is -2.53. The number of carbonyl (C=O) groups is 1. The van der Waals surface area contributed by atoms with Crippen molar-refractivity contribution in [3.05, 3.63) is 42.7 Å². The minimum absolute atomic E-state index is 0.0261. The number of nitrogens with zero attached hydrogens (tertiary/aromatic N) is 3. The predicted molar refractivity (Wildman–Crippen MR) is 123 cm³/mol. The van der Waals surface area contributed by atoms with Crippen molar-refractivity contribution in [2.24, 2.45) is 5.92 Å². The lowest BCUT2D eigenvalue weighted by molar-refractivity contribution is -0.135. The average molecular weight is 478 g/mol. The van der Waals surface area contributed by atoms with Crippen molar-refractivity contribution in [3.63, 3.8) is 0 Å². The van der Waals surface area contributed by atoms with Crippen molar-refractivity contribution in [3.8, 4) is 16.9 Å². The van der Waals surface area contributed by atoms with Gasteiger partial charge < -0.3 is 19.5 Å². The zero-order valence-electron chi connectivity index (χ0n) is 19.3. The Bertz CT molecular complexity index is 1060. The maximum atomic E-state index is 13.5. The first kappa shape index (κ1) is 25.1. The Morgan fingerprint density at radius 1 is 1.36 bits per heavy atom. The van der Waals surface area contributed by atoms with E-state index in [1.807, 2.05) is 13.0 Å². The molecular formula is C23H31N3O6S. The molecule has 33 heavy (non-hydrogen) atoms. The van der Waals surface area contributed by atoms with E-state index >= 15 is 0 Å². The number of likely N-dealkylation sites (N-methyl/N-ethyl adjacent to an activating group) is 1. The summed E-state index contributed by atoms with van der Waals surface area (Å²) in [5.41, 5.74) is 1.58. The molecule has 0 saturated carbocycles. The van der Waals surface area contributed by atoms with Gasteiger partial charge in [0, 0.05) is 50.6 Å². The molecule has 180 valence electrons. The first-order chi connectivity index (χ1) is 15.7. The molecule has 0 saturated heterocycles. The number of pyridine rings is 1. The van der Waals surface area contributed by atoms with Crippen molar-refractivity contribution in [1.29, 1.82) is 0 Å². The molecule has 3 rings (SSSR count). The highest BCUT2D eigenvalue weighted by Gasteiger charge is 2.38. The van der Waals surface area contributed by atoms with Gasteiger partial charge >= 0.3 is 0 Å². The lowest BCUT2D eigenvalue weighted by Gasteiger charge is -2.37. The summed E-state index contributed by atoms with van der Waals surface area (Å²) in [4.78, 5) is 18.0. The summed E-state index contributed by atoms with van der Waals surface area (Å²) in [5.74, 6) is -0.259. The van der Waals surface area contributed by atoms with Crippen molar-refractivity contribution in [2.75, 3.05) is 40.5 Å². The lowest BCUT2D eigenvalue weighted by Crippen LogP contribution is -2.50. The number of rotatable bonds is 7. The Kier molecular flexibility index (Phi) is 8.06. The van der Waals surface area contributed by atoms with Crippen LogP contribution >= 0.6 is 0 Å². The number of aliphatic hydroxyl groups is 1. The van der Waals surface area contributed by atoms with Crippen molar-refractivity contribution in [1.82, 2.24) is 14.2 Å². The van der Waals surface area contributed by atoms with Crippen LogP contribution in [-0.4, -0.2) is 86.2 Å². The van der Waals surface area contributed by atoms with Gasteiger partial charge in [-0.15, -0.1) is 0 Å². The highest BCUT2D eigenvalue weighted by Crippen LogP contribution is 2.36. The molecular weight excluding hydrogens is 446 g/mol. The highest BCUT2D eigenvalue weighted by atomic mass is 32.2. The topological polar surface area (TPSA) is 109 Å². The quantitative estimate of drug-likeness (QED) is 0.645. The minimum atomic E-state index is -3.93. The van der Waals surface area contributed by atoms with Gasteiger partial charge in [0.15, 0.2) is 0 Å². The van der Waals surface area contributed by atoms with Gasteiger partial charge in [-0.1, -0.05) is 19.1 Å².